The highest BCUT2D eigenvalue weighted by Gasteiger charge is 2.23. The van der Waals surface area contributed by atoms with Crippen LogP contribution in [-0.2, 0) is 9.53 Å². The van der Waals surface area contributed by atoms with Crippen molar-refractivity contribution in [2.45, 2.75) is 59.1 Å². The predicted octanol–water partition coefficient (Wildman–Crippen LogP) is 5.38. The third-order valence-corrected chi connectivity index (χ3v) is 4.32. The van der Waals surface area contributed by atoms with Crippen LogP contribution in [0.1, 0.15) is 53.0 Å². The molecule has 1 atom stereocenters. The molecular formula is C25H31N3O5. The molecule has 2 aromatic carbocycles. The van der Waals surface area contributed by atoms with Gasteiger partial charge in [0.2, 0.25) is 5.91 Å². The summed E-state index contributed by atoms with van der Waals surface area (Å²) in [5, 5.41) is 14.6. The van der Waals surface area contributed by atoms with Crippen molar-refractivity contribution in [3.63, 3.8) is 0 Å². The van der Waals surface area contributed by atoms with Gasteiger partial charge in [0.05, 0.1) is 12.2 Å². The zero-order valence-corrected chi connectivity index (χ0v) is 19.7. The fourth-order valence-corrected chi connectivity index (χ4v) is 2.91. The Labute approximate surface area is 194 Å². The van der Waals surface area contributed by atoms with Crippen LogP contribution in [0, 0.1) is 11.3 Å². The molecule has 0 aliphatic carbocycles. The van der Waals surface area contributed by atoms with E-state index in [0.717, 1.165) is 6.42 Å². The van der Waals surface area contributed by atoms with Crippen LogP contribution in [-0.4, -0.2) is 30.3 Å². The Bertz CT molecular complexity index is 991. The first-order valence-electron chi connectivity index (χ1n) is 10.9. The summed E-state index contributed by atoms with van der Waals surface area (Å²) in [6.45, 7) is 9.51. The number of carbonyl (C=O) groups excluding carboxylic acids is 2. The van der Waals surface area contributed by atoms with Gasteiger partial charge < -0.3 is 24.8 Å². The monoisotopic (exact) mass is 453 g/mol. The molecule has 0 aromatic heterocycles. The quantitative estimate of drug-likeness (QED) is 0.527. The largest absolute Gasteiger partial charge is 0.492 e. The van der Waals surface area contributed by atoms with Crippen LogP contribution in [0.15, 0.2) is 42.5 Å². The highest BCUT2D eigenvalue weighted by atomic mass is 16.6. The third-order valence-electron chi connectivity index (χ3n) is 4.32. The zero-order valence-electron chi connectivity index (χ0n) is 19.7. The smallest absolute Gasteiger partial charge is 0.408 e. The Kier molecular flexibility index (Phi) is 9.10. The van der Waals surface area contributed by atoms with Gasteiger partial charge in [0.25, 0.3) is 0 Å². The standard InChI is InChI=1S/C25H31N3O5/c1-6-8-21(28-24(30)33-25(3,4)5)23(29)27-18-10-13-19(14-11-18)32-20-12-9-17(16-26)22(15-20)31-7-2/h9-15,21H,6-8H2,1-5H3,(H,27,29)(H,28,30)/t21-/m1/s1. The molecule has 2 aromatic rings. The summed E-state index contributed by atoms with van der Waals surface area (Å²) in [4.78, 5) is 24.8. The molecule has 8 nitrogen and oxygen atoms in total. The Balaban J connectivity index is 2.02. The van der Waals surface area contributed by atoms with Crippen molar-refractivity contribution in [3.8, 4) is 23.3 Å². The van der Waals surface area contributed by atoms with E-state index in [-0.39, 0.29) is 5.91 Å². The third kappa shape index (κ3) is 8.37. The lowest BCUT2D eigenvalue weighted by Gasteiger charge is -2.23. The molecule has 0 spiro atoms. The average molecular weight is 454 g/mol. The molecule has 0 saturated carbocycles. The molecule has 0 saturated heterocycles. The number of amides is 2. The van der Waals surface area contributed by atoms with Gasteiger partial charge in [0, 0.05) is 11.8 Å². The molecule has 2 rings (SSSR count). The first-order chi connectivity index (χ1) is 15.6. The van der Waals surface area contributed by atoms with Gasteiger partial charge in [-0.3, -0.25) is 4.79 Å². The van der Waals surface area contributed by atoms with Gasteiger partial charge in [-0.15, -0.1) is 0 Å². The van der Waals surface area contributed by atoms with E-state index < -0.39 is 17.7 Å². The lowest BCUT2D eigenvalue weighted by atomic mass is 10.1. The molecule has 8 heteroatoms. The molecular weight excluding hydrogens is 422 g/mol. The van der Waals surface area contributed by atoms with Crippen LogP contribution in [0.5, 0.6) is 17.2 Å². The maximum atomic E-state index is 12.7. The lowest BCUT2D eigenvalue weighted by Crippen LogP contribution is -2.45. The van der Waals surface area contributed by atoms with Crippen molar-refractivity contribution in [3.05, 3.63) is 48.0 Å². The van der Waals surface area contributed by atoms with Crippen molar-refractivity contribution in [2.75, 3.05) is 11.9 Å². The summed E-state index contributed by atoms with van der Waals surface area (Å²) >= 11 is 0. The van der Waals surface area contributed by atoms with E-state index in [1.54, 1.807) is 63.2 Å². The van der Waals surface area contributed by atoms with E-state index in [4.69, 9.17) is 19.5 Å². The van der Waals surface area contributed by atoms with E-state index in [1.807, 2.05) is 13.8 Å². The number of alkyl carbamates (subject to hydrolysis) is 1. The number of rotatable bonds is 9. The maximum absolute atomic E-state index is 12.7. The molecule has 176 valence electrons. The summed E-state index contributed by atoms with van der Waals surface area (Å²) in [7, 11) is 0. The topological polar surface area (TPSA) is 110 Å². The number of nitriles is 1. The van der Waals surface area contributed by atoms with Crippen LogP contribution in [0.3, 0.4) is 0 Å². The molecule has 0 aliphatic heterocycles. The fourth-order valence-electron chi connectivity index (χ4n) is 2.91. The average Bonchev–Trinajstić information content (AvgIpc) is 2.74. The normalized spacial score (nSPS) is 11.6. The van der Waals surface area contributed by atoms with Crippen LogP contribution in [0.25, 0.3) is 0 Å². The van der Waals surface area contributed by atoms with Crippen LogP contribution >= 0.6 is 0 Å². The Morgan fingerprint density at radius 2 is 1.73 bits per heavy atom. The molecule has 0 unspecified atom stereocenters. The van der Waals surface area contributed by atoms with Crippen molar-refractivity contribution < 1.29 is 23.8 Å². The minimum absolute atomic E-state index is 0.329. The first-order valence-corrected chi connectivity index (χ1v) is 10.9. The zero-order chi connectivity index (χ0) is 24.4. The molecule has 33 heavy (non-hydrogen) atoms. The minimum atomic E-state index is -0.712. The highest BCUT2D eigenvalue weighted by molar-refractivity contribution is 5.96. The number of anilines is 1. The number of nitrogens with one attached hydrogen (secondary N) is 2. The summed E-state index contributed by atoms with van der Waals surface area (Å²) in [5.41, 5.74) is 0.351. The number of benzene rings is 2. The van der Waals surface area contributed by atoms with E-state index in [2.05, 4.69) is 16.7 Å². The second kappa shape index (κ2) is 11.8. The number of ether oxygens (including phenoxy) is 3. The van der Waals surface area contributed by atoms with Gasteiger partial charge in [-0.25, -0.2) is 4.79 Å². The van der Waals surface area contributed by atoms with E-state index >= 15 is 0 Å². The summed E-state index contributed by atoms with van der Waals surface area (Å²) in [5.74, 6) is 1.21. The molecule has 2 amide bonds. The predicted molar refractivity (Wildman–Crippen MR) is 126 cm³/mol. The van der Waals surface area contributed by atoms with E-state index in [0.29, 0.717) is 41.5 Å². The first kappa shape index (κ1) is 25.5. The number of hydrogen-bond acceptors (Lipinski definition) is 6. The lowest BCUT2D eigenvalue weighted by molar-refractivity contribution is -0.118. The molecule has 2 N–H and O–H groups in total. The minimum Gasteiger partial charge on any atom is -0.492 e. The van der Waals surface area contributed by atoms with Crippen LogP contribution in [0.2, 0.25) is 0 Å². The summed E-state index contributed by atoms with van der Waals surface area (Å²) < 4.78 is 16.6. The molecule has 0 radical (unpaired) electrons. The molecule has 0 bridgehead atoms. The number of nitrogens with zero attached hydrogens (tertiary/aromatic N) is 1. The molecule has 0 heterocycles. The molecule has 0 fully saturated rings. The Morgan fingerprint density at radius 3 is 2.30 bits per heavy atom. The Hall–Kier alpha value is -3.73. The second-order valence-electron chi connectivity index (χ2n) is 8.31. The summed E-state index contributed by atoms with van der Waals surface area (Å²) in [6.07, 6.45) is 0.566. The second-order valence-corrected chi connectivity index (χ2v) is 8.31. The van der Waals surface area contributed by atoms with Gasteiger partial charge in [-0.1, -0.05) is 13.3 Å². The van der Waals surface area contributed by atoms with Crippen molar-refractivity contribution in [1.29, 1.82) is 5.26 Å². The van der Waals surface area contributed by atoms with Crippen molar-refractivity contribution in [1.82, 2.24) is 5.32 Å². The number of hydrogen-bond donors (Lipinski definition) is 2. The van der Waals surface area contributed by atoms with Crippen molar-refractivity contribution >= 4 is 17.7 Å². The van der Waals surface area contributed by atoms with Crippen LogP contribution in [0.4, 0.5) is 10.5 Å². The SMILES string of the molecule is CCC[C@@H](NC(=O)OC(C)(C)C)C(=O)Nc1ccc(Oc2ccc(C#N)c(OCC)c2)cc1. The van der Waals surface area contributed by atoms with E-state index in [9.17, 15) is 9.59 Å². The van der Waals surface area contributed by atoms with Gasteiger partial charge in [-0.2, -0.15) is 5.26 Å². The van der Waals surface area contributed by atoms with Crippen molar-refractivity contribution in [2.24, 2.45) is 0 Å². The van der Waals surface area contributed by atoms with Crippen LogP contribution < -0.4 is 20.1 Å². The highest BCUT2D eigenvalue weighted by Crippen LogP contribution is 2.29. The van der Waals surface area contributed by atoms with Gasteiger partial charge in [0.15, 0.2) is 0 Å². The Morgan fingerprint density at radius 1 is 1.06 bits per heavy atom. The molecule has 0 aliphatic rings. The van der Waals surface area contributed by atoms with Gasteiger partial charge in [-0.05, 0) is 70.5 Å². The van der Waals surface area contributed by atoms with Gasteiger partial charge >= 0.3 is 6.09 Å². The summed E-state index contributed by atoms with van der Waals surface area (Å²) in [6, 6.07) is 13.2. The number of carbonyl (C=O) groups is 2. The fraction of sp³-hybridized carbons (Fsp3) is 0.400. The maximum Gasteiger partial charge on any atom is 0.408 e. The van der Waals surface area contributed by atoms with E-state index in [1.165, 1.54) is 0 Å². The van der Waals surface area contributed by atoms with Gasteiger partial charge in [0.1, 0.15) is 35.0 Å².